The number of rotatable bonds is 3. The van der Waals surface area contributed by atoms with E-state index < -0.39 is 0 Å². The first-order valence-corrected chi connectivity index (χ1v) is 12.3. The maximum Gasteiger partial charge on any atom is -0.00574 e. The lowest BCUT2D eigenvalue weighted by atomic mass is 9.48. The molecule has 30 heavy (non-hydrogen) atoms. The molecule has 2 aromatic rings. The van der Waals surface area contributed by atoms with Gasteiger partial charge < -0.3 is 0 Å². The first kappa shape index (κ1) is 18.9. The Kier molecular flexibility index (Phi) is 4.15. The molecule has 0 N–H and O–H groups in total. The van der Waals surface area contributed by atoms with Crippen LogP contribution in [0.4, 0.5) is 0 Å². The summed E-state index contributed by atoms with van der Waals surface area (Å²) in [5.41, 5.74) is 9.83. The van der Waals surface area contributed by atoms with Crippen molar-refractivity contribution in [3.63, 3.8) is 0 Å². The fourth-order valence-electron chi connectivity index (χ4n) is 7.94. The van der Waals surface area contributed by atoms with Gasteiger partial charge in [-0.3, -0.25) is 0 Å². The van der Waals surface area contributed by atoms with Crippen LogP contribution in [0.2, 0.25) is 0 Å². The van der Waals surface area contributed by atoms with Crippen LogP contribution in [0.3, 0.4) is 0 Å². The fraction of sp³-hybridized carbons (Fsp3) is 0.533. The molecule has 0 saturated heterocycles. The van der Waals surface area contributed by atoms with Crippen LogP contribution in [-0.2, 0) is 11.8 Å². The molecule has 0 aromatic heterocycles. The van der Waals surface area contributed by atoms with E-state index in [2.05, 4.69) is 69.3 Å². The van der Waals surface area contributed by atoms with Crippen LogP contribution in [0.5, 0.6) is 0 Å². The summed E-state index contributed by atoms with van der Waals surface area (Å²) in [6, 6.07) is 16.3. The van der Waals surface area contributed by atoms with Crippen LogP contribution >= 0.6 is 0 Å². The minimum Gasteiger partial charge on any atom is -0.0646 e. The zero-order valence-corrected chi connectivity index (χ0v) is 19.0. The smallest absolute Gasteiger partial charge is 0.00574 e. The molecule has 0 unspecified atom stereocenters. The van der Waals surface area contributed by atoms with Crippen molar-refractivity contribution in [1.29, 1.82) is 0 Å². The zero-order chi connectivity index (χ0) is 20.5. The summed E-state index contributed by atoms with van der Waals surface area (Å²) in [5, 5.41) is 0. The average molecular weight is 397 g/mol. The zero-order valence-electron chi connectivity index (χ0n) is 19.0. The molecule has 7 rings (SSSR count). The van der Waals surface area contributed by atoms with Gasteiger partial charge in [0.05, 0.1) is 0 Å². The molecule has 0 heterocycles. The van der Waals surface area contributed by atoms with Crippen molar-refractivity contribution >= 4 is 6.08 Å². The first-order valence-electron chi connectivity index (χ1n) is 12.3. The van der Waals surface area contributed by atoms with Gasteiger partial charge in [0.1, 0.15) is 0 Å². The second-order valence-corrected chi connectivity index (χ2v) is 12.3. The monoisotopic (exact) mass is 396 g/mol. The van der Waals surface area contributed by atoms with Crippen molar-refractivity contribution in [3.8, 4) is 11.1 Å². The van der Waals surface area contributed by atoms with Crippen LogP contribution in [0.1, 0.15) is 82.4 Å². The standard InChI is InChI=1S/C30H36/c1-29(2,3)26-9-7-24(8-10-26)27-6-4-5-25-14-23(15-28(25)27)19-30-16-20-11-21(17-30)13-22(12-20)18-30/h4-10,15,20-22H,11-14,16-19H2,1-3H3. The largest absolute Gasteiger partial charge is 0.0646 e. The van der Waals surface area contributed by atoms with Crippen molar-refractivity contribution in [2.45, 2.75) is 77.6 Å². The molecule has 4 saturated carbocycles. The summed E-state index contributed by atoms with van der Waals surface area (Å²) in [4.78, 5) is 0. The van der Waals surface area contributed by atoms with Gasteiger partial charge in [0.2, 0.25) is 0 Å². The minimum absolute atomic E-state index is 0.210. The van der Waals surface area contributed by atoms with E-state index in [1.54, 1.807) is 30.4 Å². The topological polar surface area (TPSA) is 0 Å². The number of fused-ring (bicyclic) bond motifs is 1. The Morgan fingerprint density at radius 1 is 0.833 bits per heavy atom. The highest BCUT2D eigenvalue weighted by atomic mass is 14.6. The van der Waals surface area contributed by atoms with Gasteiger partial charge in [0, 0.05) is 0 Å². The SMILES string of the molecule is CC(C)(C)c1ccc(-c2cccc3c2C=C(CC24CC5CC(CC(C5)C2)C4)C3)cc1. The third-order valence-electron chi connectivity index (χ3n) is 8.79. The van der Waals surface area contributed by atoms with Crippen molar-refractivity contribution < 1.29 is 0 Å². The lowest BCUT2D eigenvalue weighted by molar-refractivity contribution is -0.0521. The molecule has 4 bridgehead atoms. The van der Waals surface area contributed by atoms with Crippen LogP contribution in [0, 0.1) is 23.2 Å². The maximum atomic E-state index is 2.58. The van der Waals surface area contributed by atoms with E-state index in [1.165, 1.54) is 54.4 Å². The predicted molar refractivity (Wildman–Crippen MR) is 127 cm³/mol. The molecule has 0 heteroatoms. The van der Waals surface area contributed by atoms with Crippen LogP contribution in [-0.4, -0.2) is 0 Å². The average Bonchev–Trinajstić information content (AvgIpc) is 3.08. The molecule has 0 aliphatic heterocycles. The molecule has 5 aliphatic rings. The molecule has 156 valence electrons. The van der Waals surface area contributed by atoms with Gasteiger partial charge in [0.25, 0.3) is 0 Å². The Hall–Kier alpha value is -1.82. The van der Waals surface area contributed by atoms with E-state index in [-0.39, 0.29) is 5.41 Å². The van der Waals surface area contributed by atoms with Gasteiger partial charge in [-0.1, -0.05) is 74.9 Å². The normalized spacial score (nSPS) is 31.7. The molecular weight excluding hydrogens is 360 g/mol. The second kappa shape index (κ2) is 6.59. The third-order valence-corrected chi connectivity index (χ3v) is 8.79. The third kappa shape index (κ3) is 3.19. The Labute approximate surface area is 182 Å². The summed E-state index contributed by atoms with van der Waals surface area (Å²) < 4.78 is 0. The highest BCUT2D eigenvalue weighted by molar-refractivity contribution is 5.81. The molecule has 4 fully saturated rings. The lowest BCUT2D eigenvalue weighted by Gasteiger charge is -2.57. The highest BCUT2D eigenvalue weighted by Gasteiger charge is 2.50. The van der Waals surface area contributed by atoms with Crippen molar-refractivity contribution in [3.05, 3.63) is 64.7 Å². The van der Waals surface area contributed by atoms with Gasteiger partial charge in [0.15, 0.2) is 0 Å². The molecule has 0 spiro atoms. The Morgan fingerprint density at radius 3 is 2.07 bits per heavy atom. The van der Waals surface area contributed by atoms with Gasteiger partial charge in [-0.15, -0.1) is 0 Å². The number of benzene rings is 2. The predicted octanol–water partition coefficient (Wildman–Crippen LogP) is 8.20. The Balaban J connectivity index is 1.28. The molecular formula is C30H36. The molecule has 5 aliphatic carbocycles. The highest BCUT2D eigenvalue weighted by Crippen LogP contribution is 2.62. The molecule has 0 radical (unpaired) electrons. The van der Waals surface area contributed by atoms with Gasteiger partial charge in [-0.05, 0) is 108 Å². The minimum atomic E-state index is 0.210. The second-order valence-electron chi connectivity index (χ2n) is 12.3. The Morgan fingerprint density at radius 2 is 1.47 bits per heavy atom. The van der Waals surface area contributed by atoms with Crippen LogP contribution < -0.4 is 0 Å². The number of hydrogen-bond donors (Lipinski definition) is 0. The maximum absolute atomic E-state index is 2.58. The number of hydrogen-bond acceptors (Lipinski definition) is 0. The molecule has 0 nitrogen and oxygen atoms in total. The molecule has 0 amide bonds. The van der Waals surface area contributed by atoms with Gasteiger partial charge in [-0.25, -0.2) is 0 Å². The summed E-state index contributed by atoms with van der Waals surface area (Å²) in [5.74, 6) is 3.16. The summed E-state index contributed by atoms with van der Waals surface area (Å²) in [6.45, 7) is 6.88. The summed E-state index contributed by atoms with van der Waals surface area (Å²) in [6.07, 6.45) is 14.3. The summed E-state index contributed by atoms with van der Waals surface area (Å²) >= 11 is 0. The van der Waals surface area contributed by atoms with E-state index >= 15 is 0 Å². The Bertz CT molecular complexity index is 960. The lowest BCUT2D eigenvalue weighted by Crippen LogP contribution is -2.46. The van der Waals surface area contributed by atoms with Crippen molar-refractivity contribution in [2.75, 3.05) is 0 Å². The first-order chi connectivity index (χ1) is 14.4. The van der Waals surface area contributed by atoms with E-state index in [4.69, 9.17) is 0 Å². The van der Waals surface area contributed by atoms with Gasteiger partial charge >= 0.3 is 0 Å². The summed E-state index contributed by atoms with van der Waals surface area (Å²) in [7, 11) is 0. The van der Waals surface area contributed by atoms with Gasteiger partial charge in [-0.2, -0.15) is 0 Å². The van der Waals surface area contributed by atoms with Crippen LogP contribution in [0.15, 0.2) is 48.0 Å². The van der Waals surface area contributed by atoms with E-state index in [9.17, 15) is 0 Å². The van der Waals surface area contributed by atoms with E-state index in [1.807, 2.05) is 0 Å². The van der Waals surface area contributed by atoms with Crippen LogP contribution in [0.25, 0.3) is 17.2 Å². The fourth-order valence-corrected chi connectivity index (χ4v) is 7.94. The molecule has 0 atom stereocenters. The molecule has 2 aromatic carbocycles. The number of allylic oxidation sites excluding steroid dienone is 1. The van der Waals surface area contributed by atoms with Crippen molar-refractivity contribution in [1.82, 2.24) is 0 Å². The quantitative estimate of drug-likeness (QED) is 0.490. The van der Waals surface area contributed by atoms with Crippen molar-refractivity contribution in [2.24, 2.45) is 23.2 Å². The van der Waals surface area contributed by atoms with E-state index in [0.29, 0.717) is 5.41 Å². The van der Waals surface area contributed by atoms with E-state index in [0.717, 1.165) is 17.8 Å².